The highest BCUT2D eigenvalue weighted by Crippen LogP contribution is 2.19. The molecule has 1 atom stereocenters. The van der Waals surface area contributed by atoms with Crippen molar-refractivity contribution in [2.75, 3.05) is 6.54 Å². The van der Waals surface area contributed by atoms with E-state index in [0.717, 1.165) is 44.9 Å². The highest BCUT2D eigenvalue weighted by molar-refractivity contribution is 5.88. The molecule has 1 unspecified atom stereocenters. The first-order valence-electron chi connectivity index (χ1n) is 13.7. The molecule has 0 spiro atoms. The van der Waals surface area contributed by atoms with E-state index in [9.17, 15) is 14.4 Å². The van der Waals surface area contributed by atoms with Crippen molar-refractivity contribution >= 4 is 17.8 Å². The molecule has 1 aromatic heterocycles. The molecule has 2 rings (SSSR count). The van der Waals surface area contributed by atoms with Crippen molar-refractivity contribution in [1.29, 1.82) is 0 Å². The summed E-state index contributed by atoms with van der Waals surface area (Å²) in [6, 6.07) is 5.28. The normalized spacial score (nSPS) is 11.7. The number of aromatic nitrogens is 2. The lowest BCUT2D eigenvalue weighted by Crippen LogP contribution is -2.48. The minimum Gasteiger partial charge on any atom is -0.478 e. The summed E-state index contributed by atoms with van der Waals surface area (Å²) in [5, 5.41) is 22.9. The summed E-state index contributed by atoms with van der Waals surface area (Å²) in [6.45, 7) is 4.87. The molecule has 0 saturated heterocycles. The zero-order chi connectivity index (χ0) is 26.9. The van der Waals surface area contributed by atoms with Crippen molar-refractivity contribution in [3.8, 4) is 11.5 Å². The van der Waals surface area contributed by atoms with Crippen LogP contribution < -0.4 is 10.6 Å². The Morgan fingerprint density at radius 3 is 2.14 bits per heavy atom. The maximum absolute atomic E-state index is 12.9. The van der Waals surface area contributed by atoms with Crippen LogP contribution in [0.15, 0.2) is 28.7 Å². The number of carbonyl (C=O) groups excluding carboxylic acids is 2. The number of hydrogen-bond donors (Lipinski definition) is 3. The summed E-state index contributed by atoms with van der Waals surface area (Å²) in [5.74, 6) is -1.01. The molecule has 0 fully saturated rings. The van der Waals surface area contributed by atoms with E-state index in [1.165, 1.54) is 37.8 Å². The third-order valence-corrected chi connectivity index (χ3v) is 6.21. The number of carboxylic acids is 1. The molecule has 0 aliphatic heterocycles. The van der Waals surface area contributed by atoms with Gasteiger partial charge in [-0.1, -0.05) is 71.6 Å². The van der Waals surface area contributed by atoms with Crippen molar-refractivity contribution in [2.24, 2.45) is 0 Å². The maximum Gasteiger partial charge on any atom is 0.335 e. The molecule has 1 aromatic carbocycles. The molecule has 2 amide bonds. The van der Waals surface area contributed by atoms with Gasteiger partial charge in [0.2, 0.25) is 23.6 Å². The van der Waals surface area contributed by atoms with Gasteiger partial charge in [0.1, 0.15) is 6.04 Å². The zero-order valence-electron chi connectivity index (χ0n) is 22.3. The second-order valence-electron chi connectivity index (χ2n) is 9.43. The molecule has 3 N–H and O–H groups in total. The Labute approximate surface area is 219 Å². The maximum atomic E-state index is 12.9. The van der Waals surface area contributed by atoms with Gasteiger partial charge in [0.15, 0.2) is 0 Å². The monoisotopic (exact) mass is 514 g/mol. The lowest BCUT2D eigenvalue weighted by molar-refractivity contribution is -0.129. The van der Waals surface area contributed by atoms with E-state index in [0.29, 0.717) is 18.5 Å². The second-order valence-corrected chi connectivity index (χ2v) is 9.43. The second kappa shape index (κ2) is 17.3. The Kier molecular flexibility index (Phi) is 14.0. The van der Waals surface area contributed by atoms with E-state index in [2.05, 4.69) is 34.7 Å². The molecular formula is C28H42N4O5. The highest BCUT2D eigenvalue weighted by atomic mass is 16.4. The van der Waals surface area contributed by atoms with Gasteiger partial charge < -0.3 is 20.2 Å². The van der Waals surface area contributed by atoms with Crippen LogP contribution in [0.3, 0.4) is 0 Å². The Morgan fingerprint density at radius 2 is 1.49 bits per heavy atom. The van der Waals surface area contributed by atoms with Crippen LogP contribution in [0.1, 0.15) is 107 Å². The molecule has 0 radical (unpaired) electrons. The SMILES string of the molecule is CCCCCCCCCC(=O)NC(Cc1nnc(-c2ccc(C(=O)O)cc2)o1)C(=O)NCCCCCC. The molecule has 0 aliphatic carbocycles. The van der Waals surface area contributed by atoms with Crippen LogP contribution in [0, 0.1) is 0 Å². The number of nitrogens with one attached hydrogen (secondary N) is 2. The number of benzene rings is 1. The van der Waals surface area contributed by atoms with Crippen molar-refractivity contribution in [1.82, 2.24) is 20.8 Å². The number of hydrogen-bond acceptors (Lipinski definition) is 6. The van der Waals surface area contributed by atoms with Gasteiger partial charge in [-0.15, -0.1) is 10.2 Å². The molecule has 204 valence electrons. The molecule has 0 aliphatic rings. The summed E-state index contributed by atoms with van der Waals surface area (Å²) in [4.78, 5) is 36.6. The Balaban J connectivity index is 1.95. The Hall–Kier alpha value is -3.23. The zero-order valence-corrected chi connectivity index (χ0v) is 22.3. The molecule has 2 aromatic rings. The molecule has 37 heavy (non-hydrogen) atoms. The molecule has 0 saturated carbocycles. The number of amides is 2. The largest absolute Gasteiger partial charge is 0.478 e. The number of carbonyl (C=O) groups is 3. The predicted octanol–water partition coefficient (Wildman–Crippen LogP) is 5.30. The fourth-order valence-electron chi connectivity index (χ4n) is 3.99. The van der Waals surface area contributed by atoms with Crippen LogP contribution in [0.2, 0.25) is 0 Å². The lowest BCUT2D eigenvalue weighted by Gasteiger charge is -2.17. The van der Waals surface area contributed by atoms with Gasteiger partial charge >= 0.3 is 5.97 Å². The van der Waals surface area contributed by atoms with E-state index in [1.54, 1.807) is 12.1 Å². The number of carboxylic acid groups (broad SMARTS) is 1. The number of nitrogens with zero attached hydrogens (tertiary/aromatic N) is 2. The standard InChI is InChI=1S/C28H42N4O5/c1-3-5-7-9-10-11-12-14-24(33)30-23(26(34)29-19-13-8-6-4-2)20-25-31-32-27(37-25)21-15-17-22(18-16-21)28(35)36/h15-18,23H,3-14,19-20H2,1-2H3,(H,29,34)(H,30,33)(H,35,36). The van der Waals surface area contributed by atoms with Crippen LogP contribution in [0.4, 0.5) is 0 Å². The molecule has 9 heteroatoms. The first kappa shape index (κ1) is 30.0. The van der Waals surface area contributed by atoms with Gasteiger partial charge in [0.05, 0.1) is 12.0 Å². The van der Waals surface area contributed by atoms with Crippen LogP contribution in [0.5, 0.6) is 0 Å². The first-order chi connectivity index (χ1) is 17.9. The third kappa shape index (κ3) is 11.6. The van der Waals surface area contributed by atoms with Crippen molar-refractivity contribution in [3.63, 3.8) is 0 Å². The summed E-state index contributed by atoms with van der Waals surface area (Å²) in [5.41, 5.74) is 0.728. The van der Waals surface area contributed by atoms with Crippen molar-refractivity contribution in [2.45, 2.75) is 103 Å². The smallest absolute Gasteiger partial charge is 0.335 e. The Bertz CT molecular complexity index is 958. The van der Waals surface area contributed by atoms with Gasteiger partial charge in [-0.05, 0) is 37.1 Å². The fraction of sp³-hybridized carbons (Fsp3) is 0.607. The Morgan fingerprint density at radius 1 is 0.865 bits per heavy atom. The van der Waals surface area contributed by atoms with Crippen LogP contribution in [-0.4, -0.2) is 45.7 Å². The van der Waals surface area contributed by atoms with Gasteiger partial charge in [-0.25, -0.2) is 4.79 Å². The van der Waals surface area contributed by atoms with Crippen molar-refractivity contribution < 1.29 is 23.9 Å². The topological polar surface area (TPSA) is 134 Å². The van der Waals surface area contributed by atoms with Crippen LogP contribution in [0.25, 0.3) is 11.5 Å². The predicted molar refractivity (Wildman–Crippen MR) is 142 cm³/mol. The van der Waals surface area contributed by atoms with Gasteiger partial charge in [0.25, 0.3) is 0 Å². The summed E-state index contributed by atoms with van der Waals surface area (Å²) >= 11 is 0. The lowest BCUT2D eigenvalue weighted by atomic mass is 10.1. The van der Waals surface area contributed by atoms with Gasteiger partial charge in [0, 0.05) is 18.5 Å². The average molecular weight is 515 g/mol. The highest BCUT2D eigenvalue weighted by Gasteiger charge is 2.24. The quantitative estimate of drug-likeness (QED) is 0.217. The molecule has 1 heterocycles. The van der Waals surface area contributed by atoms with Gasteiger partial charge in [-0.3, -0.25) is 9.59 Å². The van der Waals surface area contributed by atoms with E-state index < -0.39 is 12.0 Å². The number of aromatic carboxylic acids is 1. The first-order valence-corrected chi connectivity index (χ1v) is 13.7. The van der Waals surface area contributed by atoms with Gasteiger partial charge in [-0.2, -0.15) is 0 Å². The number of unbranched alkanes of at least 4 members (excludes halogenated alkanes) is 9. The third-order valence-electron chi connectivity index (χ3n) is 6.21. The van der Waals surface area contributed by atoms with E-state index in [4.69, 9.17) is 9.52 Å². The molecular weight excluding hydrogens is 472 g/mol. The summed E-state index contributed by atoms with van der Waals surface area (Å²) in [7, 11) is 0. The minimum absolute atomic E-state index is 0.0732. The average Bonchev–Trinajstić information content (AvgIpc) is 3.36. The number of rotatable bonds is 19. The van der Waals surface area contributed by atoms with Crippen molar-refractivity contribution in [3.05, 3.63) is 35.7 Å². The molecule has 0 bridgehead atoms. The van der Waals surface area contributed by atoms with E-state index in [-0.39, 0.29) is 35.6 Å². The summed E-state index contributed by atoms with van der Waals surface area (Å²) in [6.07, 6.45) is 12.4. The van der Waals surface area contributed by atoms with E-state index in [1.807, 2.05) is 0 Å². The van der Waals surface area contributed by atoms with Crippen LogP contribution >= 0.6 is 0 Å². The van der Waals surface area contributed by atoms with Crippen LogP contribution in [-0.2, 0) is 16.0 Å². The summed E-state index contributed by atoms with van der Waals surface area (Å²) < 4.78 is 5.73. The fourth-order valence-corrected chi connectivity index (χ4v) is 3.99. The minimum atomic E-state index is -1.02. The van der Waals surface area contributed by atoms with E-state index >= 15 is 0 Å². The molecule has 9 nitrogen and oxygen atoms in total.